The molecule has 2 nitrogen and oxygen atoms in total. The fourth-order valence-electron chi connectivity index (χ4n) is 1.53. The summed E-state index contributed by atoms with van der Waals surface area (Å²) < 4.78 is 13.0. The molecule has 0 saturated carbocycles. The Morgan fingerprint density at radius 2 is 2.23 bits per heavy atom. The minimum absolute atomic E-state index is 0.254. The second kappa shape index (κ2) is 2.76. The molecule has 0 saturated heterocycles. The first-order chi connectivity index (χ1) is 6.24. The lowest BCUT2D eigenvalue weighted by atomic mass is 10.1. The molecule has 0 aliphatic carbocycles. The topological polar surface area (TPSA) is 36.0 Å². The molecule has 2 N–H and O–H groups in total. The number of benzene rings is 1. The van der Waals surface area contributed by atoms with E-state index in [-0.39, 0.29) is 5.75 Å². The van der Waals surface area contributed by atoms with Gasteiger partial charge in [-0.1, -0.05) is 6.92 Å². The highest BCUT2D eigenvalue weighted by Gasteiger charge is 2.10. The Morgan fingerprint density at radius 1 is 1.46 bits per heavy atom. The molecule has 2 rings (SSSR count). The lowest BCUT2D eigenvalue weighted by Gasteiger charge is -1.98. The van der Waals surface area contributed by atoms with Crippen LogP contribution in [0.25, 0.3) is 10.9 Å². The van der Waals surface area contributed by atoms with E-state index in [9.17, 15) is 9.50 Å². The summed E-state index contributed by atoms with van der Waals surface area (Å²) in [7, 11) is 0. The number of fused-ring (bicyclic) bond motifs is 1. The number of H-pyrrole nitrogens is 1. The molecule has 1 aromatic heterocycles. The van der Waals surface area contributed by atoms with Gasteiger partial charge < -0.3 is 10.1 Å². The van der Waals surface area contributed by atoms with E-state index in [0.29, 0.717) is 5.39 Å². The lowest BCUT2D eigenvalue weighted by Crippen LogP contribution is -1.80. The van der Waals surface area contributed by atoms with Gasteiger partial charge in [0.25, 0.3) is 0 Å². The summed E-state index contributed by atoms with van der Waals surface area (Å²) in [5, 5.41) is 10.1. The van der Waals surface area contributed by atoms with Gasteiger partial charge in [-0.05, 0) is 24.1 Å². The van der Waals surface area contributed by atoms with Gasteiger partial charge in [0.15, 0.2) is 11.6 Å². The number of aromatic hydroxyl groups is 1. The Balaban J connectivity index is 2.85. The Labute approximate surface area is 75.0 Å². The Morgan fingerprint density at radius 3 is 2.92 bits per heavy atom. The summed E-state index contributed by atoms with van der Waals surface area (Å²) in [6.45, 7) is 1.97. The minimum atomic E-state index is -0.568. The highest BCUT2D eigenvalue weighted by atomic mass is 19.1. The van der Waals surface area contributed by atoms with Crippen LogP contribution in [-0.4, -0.2) is 10.1 Å². The zero-order valence-electron chi connectivity index (χ0n) is 7.26. The predicted molar refractivity (Wildman–Crippen MR) is 49.3 cm³/mol. The minimum Gasteiger partial charge on any atom is -0.504 e. The van der Waals surface area contributed by atoms with Crippen LogP contribution in [0.4, 0.5) is 4.39 Å². The number of aromatic amines is 1. The molecule has 2 aromatic rings. The molecule has 0 atom stereocenters. The standard InChI is InChI=1S/C10H10FNO/c1-2-6-5-12-8-4-3-7(11)10(13)9(6)8/h3-5,12-13H,2H2,1H3. The van der Waals surface area contributed by atoms with Crippen molar-refractivity contribution in [2.45, 2.75) is 13.3 Å². The fraction of sp³-hybridized carbons (Fsp3) is 0.200. The summed E-state index contributed by atoms with van der Waals surface area (Å²) in [6.07, 6.45) is 2.57. The number of phenols is 1. The molecule has 0 amide bonds. The molecule has 0 fully saturated rings. The Kier molecular flexibility index (Phi) is 1.72. The van der Waals surface area contributed by atoms with Gasteiger partial charge in [0.05, 0.1) is 0 Å². The van der Waals surface area contributed by atoms with E-state index < -0.39 is 5.82 Å². The quantitative estimate of drug-likeness (QED) is 0.693. The summed E-state index contributed by atoms with van der Waals surface area (Å²) in [6, 6.07) is 2.89. The molecule has 3 heteroatoms. The number of aryl methyl sites for hydroxylation is 1. The van der Waals surface area contributed by atoms with Crippen molar-refractivity contribution < 1.29 is 9.50 Å². The first-order valence-corrected chi connectivity index (χ1v) is 4.21. The van der Waals surface area contributed by atoms with Crippen molar-refractivity contribution >= 4 is 10.9 Å². The number of aromatic nitrogens is 1. The Bertz CT molecular complexity index is 447. The average molecular weight is 179 g/mol. The highest BCUT2D eigenvalue weighted by molar-refractivity contribution is 5.89. The van der Waals surface area contributed by atoms with Crippen molar-refractivity contribution in [1.82, 2.24) is 4.98 Å². The number of nitrogens with one attached hydrogen (secondary N) is 1. The SMILES string of the molecule is CCc1c[nH]c2ccc(F)c(O)c12. The molecule has 13 heavy (non-hydrogen) atoms. The number of hydrogen-bond acceptors (Lipinski definition) is 1. The van der Waals surface area contributed by atoms with Gasteiger partial charge in [-0.25, -0.2) is 4.39 Å². The van der Waals surface area contributed by atoms with Crippen LogP contribution in [0.5, 0.6) is 5.75 Å². The molecule has 68 valence electrons. The van der Waals surface area contributed by atoms with E-state index in [1.54, 1.807) is 12.3 Å². The van der Waals surface area contributed by atoms with Crippen LogP contribution in [0.3, 0.4) is 0 Å². The van der Waals surface area contributed by atoms with Crippen molar-refractivity contribution in [1.29, 1.82) is 0 Å². The average Bonchev–Trinajstić information content (AvgIpc) is 2.55. The first kappa shape index (κ1) is 8.10. The van der Waals surface area contributed by atoms with Crippen molar-refractivity contribution in [2.75, 3.05) is 0 Å². The van der Waals surface area contributed by atoms with Crippen molar-refractivity contribution in [2.24, 2.45) is 0 Å². The zero-order chi connectivity index (χ0) is 9.42. The third-order valence-corrected chi connectivity index (χ3v) is 2.23. The van der Waals surface area contributed by atoms with Crippen LogP contribution in [0.15, 0.2) is 18.3 Å². The molecule has 0 unspecified atom stereocenters. The van der Waals surface area contributed by atoms with Gasteiger partial charge in [-0.15, -0.1) is 0 Å². The van der Waals surface area contributed by atoms with Crippen LogP contribution in [-0.2, 0) is 6.42 Å². The smallest absolute Gasteiger partial charge is 0.165 e. The first-order valence-electron chi connectivity index (χ1n) is 4.21. The molecular formula is C10H10FNO. The van der Waals surface area contributed by atoms with Crippen molar-refractivity contribution in [3.63, 3.8) is 0 Å². The second-order valence-electron chi connectivity index (χ2n) is 2.99. The monoisotopic (exact) mass is 179 g/mol. The van der Waals surface area contributed by atoms with E-state index in [4.69, 9.17) is 0 Å². The number of hydrogen-bond donors (Lipinski definition) is 2. The van der Waals surface area contributed by atoms with Crippen LogP contribution in [0, 0.1) is 5.82 Å². The molecule has 0 radical (unpaired) electrons. The van der Waals surface area contributed by atoms with E-state index in [0.717, 1.165) is 17.5 Å². The Hall–Kier alpha value is -1.51. The number of halogens is 1. The molecular weight excluding hydrogens is 169 g/mol. The highest BCUT2D eigenvalue weighted by Crippen LogP contribution is 2.30. The normalized spacial score (nSPS) is 10.9. The van der Waals surface area contributed by atoms with Crippen molar-refractivity contribution in [3.05, 3.63) is 29.7 Å². The molecule has 0 spiro atoms. The van der Waals surface area contributed by atoms with E-state index in [2.05, 4.69) is 4.98 Å². The fourth-order valence-corrected chi connectivity index (χ4v) is 1.53. The second-order valence-corrected chi connectivity index (χ2v) is 2.99. The summed E-state index contributed by atoms with van der Waals surface area (Å²) in [4.78, 5) is 2.98. The van der Waals surface area contributed by atoms with Crippen LogP contribution in [0.2, 0.25) is 0 Å². The van der Waals surface area contributed by atoms with Gasteiger partial charge >= 0.3 is 0 Å². The van der Waals surface area contributed by atoms with Gasteiger partial charge in [0.1, 0.15) is 0 Å². The third-order valence-electron chi connectivity index (χ3n) is 2.23. The summed E-state index contributed by atoms with van der Waals surface area (Å²) in [5.74, 6) is -0.822. The van der Waals surface area contributed by atoms with E-state index in [1.165, 1.54) is 6.07 Å². The maximum Gasteiger partial charge on any atom is 0.165 e. The van der Waals surface area contributed by atoms with Crippen LogP contribution < -0.4 is 0 Å². The molecule has 0 aliphatic heterocycles. The number of rotatable bonds is 1. The van der Waals surface area contributed by atoms with E-state index in [1.807, 2.05) is 6.92 Å². The molecule has 1 heterocycles. The predicted octanol–water partition coefficient (Wildman–Crippen LogP) is 2.58. The van der Waals surface area contributed by atoms with Crippen LogP contribution >= 0.6 is 0 Å². The van der Waals surface area contributed by atoms with Gasteiger partial charge in [0, 0.05) is 17.1 Å². The third kappa shape index (κ3) is 1.08. The van der Waals surface area contributed by atoms with Gasteiger partial charge in [0.2, 0.25) is 0 Å². The van der Waals surface area contributed by atoms with Gasteiger partial charge in [-0.3, -0.25) is 0 Å². The summed E-state index contributed by atoms with van der Waals surface area (Å²) in [5.41, 5.74) is 1.71. The number of phenolic OH excluding ortho intramolecular Hbond substituents is 1. The maximum atomic E-state index is 13.0. The molecule has 0 aliphatic rings. The lowest BCUT2D eigenvalue weighted by molar-refractivity contribution is 0.438. The molecule has 0 bridgehead atoms. The molecule has 1 aromatic carbocycles. The largest absolute Gasteiger partial charge is 0.504 e. The van der Waals surface area contributed by atoms with Crippen LogP contribution in [0.1, 0.15) is 12.5 Å². The maximum absolute atomic E-state index is 13.0. The van der Waals surface area contributed by atoms with Gasteiger partial charge in [-0.2, -0.15) is 0 Å². The van der Waals surface area contributed by atoms with Crippen molar-refractivity contribution in [3.8, 4) is 5.75 Å². The summed E-state index contributed by atoms with van der Waals surface area (Å²) >= 11 is 0. The zero-order valence-corrected chi connectivity index (χ0v) is 7.26. The van der Waals surface area contributed by atoms with E-state index >= 15 is 0 Å².